The van der Waals surface area contributed by atoms with Crippen LogP contribution in [0.15, 0.2) is 0 Å². The van der Waals surface area contributed by atoms with E-state index in [4.69, 9.17) is 24.4 Å². The van der Waals surface area contributed by atoms with Crippen molar-refractivity contribution >= 4 is 68.5 Å². The van der Waals surface area contributed by atoms with Crippen LogP contribution < -0.4 is 0 Å². The lowest BCUT2D eigenvalue weighted by Crippen LogP contribution is -2.50. The zero-order valence-corrected chi connectivity index (χ0v) is 20.2. The molecule has 2 atom stereocenters. The summed E-state index contributed by atoms with van der Waals surface area (Å²) in [5.41, 5.74) is 0. The molecule has 2 N–H and O–H groups in total. The first-order valence-corrected chi connectivity index (χ1v) is 11.9. The second-order valence-corrected chi connectivity index (χ2v) is 11.6. The number of rotatable bonds is 8. The highest BCUT2D eigenvalue weighted by Crippen LogP contribution is 2.35. The van der Waals surface area contributed by atoms with Gasteiger partial charge in [0.2, 0.25) is 0 Å². The van der Waals surface area contributed by atoms with Gasteiger partial charge in [-0.2, -0.15) is 0 Å². The van der Waals surface area contributed by atoms with E-state index >= 15 is 0 Å². The molecule has 0 saturated carbocycles. The predicted molar refractivity (Wildman–Crippen MR) is 125 cm³/mol. The zero-order chi connectivity index (χ0) is 21.5. The summed E-state index contributed by atoms with van der Waals surface area (Å²) in [6.45, 7) is 9.95. The Kier molecular flexibility index (Phi) is 9.99. The van der Waals surface area contributed by atoms with Gasteiger partial charge in [0.15, 0.2) is 0 Å². The van der Waals surface area contributed by atoms with E-state index in [9.17, 15) is 19.8 Å². The summed E-state index contributed by atoms with van der Waals surface area (Å²) in [7, 11) is 0. The molecular weight excluding hydrogens is 436 g/mol. The topological polar surface area (TPSA) is 81.1 Å². The predicted octanol–water partition coefficient (Wildman–Crippen LogP) is 3.93. The van der Waals surface area contributed by atoms with Crippen molar-refractivity contribution in [2.45, 2.75) is 62.9 Å². The smallest absolute Gasteiger partial charge is 0.319 e. The minimum atomic E-state index is -0.919. The number of carboxylic acids is 2. The Morgan fingerprint density at radius 1 is 0.821 bits per heavy atom. The van der Waals surface area contributed by atoms with E-state index in [1.54, 1.807) is 13.8 Å². The Morgan fingerprint density at radius 3 is 1.32 bits per heavy atom. The molecule has 160 valence electrons. The summed E-state index contributed by atoms with van der Waals surface area (Å²) in [6.07, 6.45) is 2.66. The summed E-state index contributed by atoms with van der Waals surface area (Å²) < 4.78 is -0.648. The summed E-state index contributed by atoms with van der Waals surface area (Å²) in [5, 5.41) is 19.1. The minimum absolute atomic E-state index is 0.555. The van der Waals surface area contributed by atoms with Gasteiger partial charge in [0.1, 0.15) is 18.1 Å². The summed E-state index contributed by atoms with van der Waals surface area (Å²) in [6, 6.07) is 0. The van der Waals surface area contributed by atoms with Gasteiger partial charge in [-0.05, 0) is 26.7 Å². The first kappa shape index (κ1) is 25.5. The summed E-state index contributed by atoms with van der Waals surface area (Å²) in [5.74, 6) is -1.69. The molecule has 1 aliphatic heterocycles. The minimum Gasteiger partial charge on any atom is -0.480 e. The highest BCUT2D eigenvalue weighted by atomic mass is 32.2. The second-order valence-electron chi connectivity index (χ2n) is 7.28. The molecule has 1 fully saturated rings. The van der Waals surface area contributed by atoms with Gasteiger partial charge in [-0.1, -0.05) is 74.6 Å². The van der Waals surface area contributed by atoms with Crippen LogP contribution >= 0.6 is 48.0 Å². The van der Waals surface area contributed by atoms with E-state index in [2.05, 4.69) is 0 Å². The Balaban J connectivity index is 2.64. The van der Waals surface area contributed by atoms with Crippen LogP contribution in [0.4, 0.5) is 0 Å². The Bertz CT molecular complexity index is 558. The second kappa shape index (κ2) is 11.0. The summed E-state index contributed by atoms with van der Waals surface area (Å²) >= 11 is 13.5. The number of carboxylic acid groups (broad SMARTS) is 2. The maximum Gasteiger partial charge on any atom is 0.319 e. The van der Waals surface area contributed by atoms with E-state index in [-0.39, 0.29) is 0 Å². The average Bonchev–Trinajstić information content (AvgIpc) is 2.61. The molecule has 28 heavy (non-hydrogen) atoms. The van der Waals surface area contributed by atoms with Gasteiger partial charge in [-0.15, -0.1) is 0 Å². The number of aliphatic carboxylic acids is 2. The molecule has 6 nitrogen and oxygen atoms in total. The quantitative estimate of drug-likeness (QED) is 0.514. The van der Waals surface area contributed by atoms with Crippen molar-refractivity contribution in [1.29, 1.82) is 0 Å². The van der Waals surface area contributed by atoms with Crippen LogP contribution in [0, 0.1) is 0 Å². The van der Waals surface area contributed by atoms with Crippen LogP contribution in [0.5, 0.6) is 0 Å². The molecule has 1 aliphatic rings. The molecule has 1 heterocycles. The third kappa shape index (κ3) is 6.74. The van der Waals surface area contributed by atoms with Crippen molar-refractivity contribution in [1.82, 2.24) is 9.80 Å². The lowest BCUT2D eigenvalue weighted by Gasteiger charge is -2.39. The highest BCUT2D eigenvalue weighted by Gasteiger charge is 2.38. The molecule has 1 saturated heterocycles. The number of thiocarbonyl (C=S) groups is 2. The molecule has 0 aromatic carbocycles. The molecule has 0 spiro atoms. The number of nitrogens with zero attached hydrogens (tertiary/aromatic N) is 2. The standard InChI is InChI=1S/C18H30N2O4S4/c1-5-7-17(3,13(21)22)27-15(25)19-9-11-20(12-10-19)16(26)28-18(4,8-6-2)14(23)24/h5-12H2,1-4H3,(H,21,22)(H,23,24). The Labute approximate surface area is 186 Å². The zero-order valence-electron chi connectivity index (χ0n) is 16.9. The lowest BCUT2D eigenvalue weighted by atomic mass is 10.1. The molecule has 0 amide bonds. The fourth-order valence-electron chi connectivity index (χ4n) is 2.94. The monoisotopic (exact) mass is 466 g/mol. The fraction of sp³-hybridized carbons (Fsp3) is 0.778. The van der Waals surface area contributed by atoms with Crippen molar-refractivity contribution in [3.63, 3.8) is 0 Å². The van der Waals surface area contributed by atoms with Gasteiger partial charge < -0.3 is 20.0 Å². The largest absolute Gasteiger partial charge is 0.480 e. The molecule has 2 unspecified atom stereocenters. The molecule has 0 bridgehead atoms. The number of thioether (sulfide) groups is 2. The molecule has 1 rings (SSSR count). The van der Waals surface area contributed by atoms with Crippen LogP contribution in [0.2, 0.25) is 0 Å². The van der Waals surface area contributed by atoms with Crippen LogP contribution in [0.3, 0.4) is 0 Å². The van der Waals surface area contributed by atoms with Crippen LogP contribution in [-0.4, -0.2) is 76.3 Å². The van der Waals surface area contributed by atoms with Crippen molar-refractivity contribution < 1.29 is 19.8 Å². The molecule has 0 aromatic heterocycles. The normalized spacial score (nSPS) is 18.9. The first-order chi connectivity index (χ1) is 13.0. The third-order valence-corrected chi connectivity index (χ3v) is 8.32. The van der Waals surface area contributed by atoms with Gasteiger partial charge in [0, 0.05) is 26.2 Å². The van der Waals surface area contributed by atoms with Crippen molar-refractivity contribution in [3.8, 4) is 0 Å². The van der Waals surface area contributed by atoms with Crippen molar-refractivity contribution in [2.24, 2.45) is 0 Å². The van der Waals surface area contributed by atoms with E-state index in [0.717, 1.165) is 12.8 Å². The molecular formula is C18H30N2O4S4. The van der Waals surface area contributed by atoms with Crippen LogP contribution in [0.1, 0.15) is 53.4 Å². The third-order valence-electron chi connectivity index (χ3n) is 4.78. The molecule has 10 heteroatoms. The van der Waals surface area contributed by atoms with E-state index in [1.165, 1.54) is 23.5 Å². The van der Waals surface area contributed by atoms with Gasteiger partial charge >= 0.3 is 11.9 Å². The number of hydrogen-bond acceptors (Lipinski definition) is 6. The Hall–Kier alpha value is -0.580. The van der Waals surface area contributed by atoms with Gasteiger partial charge in [0.25, 0.3) is 0 Å². The number of hydrogen-bond donors (Lipinski definition) is 2. The molecule has 0 radical (unpaired) electrons. The summed E-state index contributed by atoms with van der Waals surface area (Å²) in [4.78, 5) is 27.3. The SMILES string of the molecule is CCCC(C)(SC(=S)N1CCN(C(=S)SC(C)(CCC)C(=O)O)CC1)C(=O)O. The lowest BCUT2D eigenvalue weighted by molar-refractivity contribution is -0.140. The van der Waals surface area contributed by atoms with E-state index in [1.807, 2.05) is 23.6 Å². The molecule has 0 aliphatic carbocycles. The number of piperazine rings is 1. The van der Waals surface area contributed by atoms with Crippen molar-refractivity contribution in [2.75, 3.05) is 26.2 Å². The fourth-order valence-corrected chi connectivity index (χ4v) is 6.59. The van der Waals surface area contributed by atoms with Crippen LogP contribution in [-0.2, 0) is 9.59 Å². The Morgan fingerprint density at radius 2 is 1.11 bits per heavy atom. The van der Waals surface area contributed by atoms with Gasteiger partial charge in [-0.25, -0.2) is 0 Å². The maximum absolute atomic E-state index is 11.6. The first-order valence-electron chi connectivity index (χ1n) is 9.41. The van der Waals surface area contributed by atoms with Crippen molar-refractivity contribution in [3.05, 3.63) is 0 Å². The van der Waals surface area contributed by atoms with Crippen LogP contribution in [0.25, 0.3) is 0 Å². The van der Waals surface area contributed by atoms with Gasteiger partial charge in [-0.3, -0.25) is 9.59 Å². The molecule has 0 aromatic rings. The van der Waals surface area contributed by atoms with E-state index < -0.39 is 21.4 Å². The maximum atomic E-state index is 11.6. The van der Waals surface area contributed by atoms with E-state index in [0.29, 0.717) is 47.7 Å². The average molecular weight is 467 g/mol. The van der Waals surface area contributed by atoms with Gasteiger partial charge in [0.05, 0.1) is 0 Å². The number of carbonyl (C=O) groups is 2. The highest BCUT2D eigenvalue weighted by molar-refractivity contribution is 8.24.